The molecular weight excluding hydrogens is 508 g/mol. The zero-order valence-electron chi connectivity index (χ0n) is 21.9. The van der Waals surface area contributed by atoms with E-state index >= 15 is 0 Å². The van der Waals surface area contributed by atoms with Crippen LogP contribution in [0.4, 0.5) is 0 Å². The van der Waals surface area contributed by atoms with Gasteiger partial charge >= 0.3 is 5.97 Å². The maximum Gasteiger partial charge on any atom is 0.338 e. The highest BCUT2D eigenvalue weighted by atomic mass is 32.1. The summed E-state index contributed by atoms with van der Waals surface area (Å²) in [6.07, 6.45) is 1.71. The number of aromatic nitrogens is 1. The summed E-state index contributed by atoms with van der Waals surface area (Å²) in [5, 5.41) is 10.0. The lowest BCUT2D eigenvalue weighted by Gasteiger charge is -2.25. The Kier molecular flexibility index (Phi) is 8.21. The molecule has 38 heavy (non-hydrogen) atoms. The van der Waals surface area contributed by atoms with Gasteiger partial charge in [0, 0.05) is 0 Å². The summed E-state index contributed by atoms with van der Waals surface area (Å²) in [5.41, 5.74) is 1.77. The highest BCUT2D eigenvalue weighted by molar-refractivity contribution is 7.07. The van der Waals surface area contributed by atoms with E-state index < -0.39 is 12.0 Å². The van der Waals surface area contributed by atoms with Gasteiger partial charge in [-0.15, -0.1) is 0 Å². The Morgan fingerprint density at radius 3 is 2.47 bits per heavy atom. The predicted octanol–water partition coefficient (Wildman–Crippen LogP) is 3.31. The number of nitrogens with zero attached hydrogens (tertiary/aromatic N) is 2. The second-order valence-corrected chi connectivity index (χ2v) is 9.31. The van der Waals surface area contributed by atoms with Gasteiger partial charge in [-0.3, -0.25) is 9.36 Å². The van der Waals surface area contributed by atoms with Crippen molar-refractivity contribution >= 4 is 23.4 Å². The lowest BCUT2D eigenvalue weighted by atomic mass is 9.95. The monoisotopic (exact) mass is 538 g/mol. The number of phenols is 1. The van der Waals surface area contributed by atoms with Crippen LogP contribution in [-0.4, -0.2) is 42.6 Å². The van der Waals surface area contributed by atoms with Gasteiger partial charge in [0.15, 0.2) is 27.8 Å². The van der Waals surface area contributed by atoms with Gasteiger partial charge in [0.2, 0.25) is 0 Å². The fourth-order valence-corrected chi connectivity index (χ4v) is 5.33. The van der Waals surface area contributed by atoms with Crippen LogP contribution in [0.25, 0.3) is 6.08 Å². The number of phenolic OH excluding ortho intramolecular Hbond substituents is 1. The maximum atomic E-state index is 13.8. The van der Waals surface area contributed by atoms with Crippen molar-refractivity contribution in [2.45, 2.75) is 33.7 Å². The first kappa shape index (κ1) is 27.0. The Labute approximate surface area is 223 Å². The van der Waals surface area contributed by atoms with E-state index in [0.29, 0.717) is 56.6 Å². The number of rotatable bonds is 9. The Bertz CT molecular complexity index is 1570. The summed E-state index contributed by atoms with van der Waals surface area (Å²) >= 11 is 1.21. The molecule has 1 aliphatic rings. The summed E-state index contributed by atoms with van der Waals surface area (Å²) in [7, 11) is 1.55. The minimum Gasteiger partial charge on any atom is -0.504 e. The molecule has 3 aromatic rings. The van der Waals surface area contributed by atoms with E-state index in [0.717, 1.165) is 0 Å². The van der Waals surface area contributed by atoms with E-state index in [1.54, 1.807) is 57.4 Å². The number of ether oxygens (including phenoxy) is 4. The van der Waals surface area contributed by atoms with E-state index in [1.165, 1.54) is 22.0 Å². The van der Waals surface area contributed by atoms with E-state index in [2.05, 4.69) is 4.99 Å². The van der Waals surface area contributed by atoms with Crippen LogP contribution in [0.5, 0.6) is 23.0 Å². The van der Waals surface area contributed by atoms with Crippen LogP contribution in [0.2, 0.25) is 0 Å². The molecule has 0 saturated carbocycles. The molecule has 0 aliphatic carbocycles. The SMILES string of the molecule is CCOC(=O)C1=C(C)N=c2sc(=Cc3ccc(O)c(OCC)c3)c(=O)n2[C@@H]1c1ccc(OC)c(OCC)c1. The molecule has 2 heterocycles. The molecule has 0 spiro atoms. The number of allylic oxidation sites excluding steroid dienone is 1. The van der Waals surface area contributed by atoms with Crippen molar-refractivity contribution in [3.05, 3.63) is 78.5 Å². The van der Waals surface area contributed by atoms with Gasteiger partial charge in [0.25, 0.3) is 5.56 Å². The van der Waals surface area contributed by atoms with Crippen LogP contribution in [0.15, 0.2) is 57.5 Å². The first-order valence-corrected chi connectivity index (χ1v) is 13.1. The first-order valence-electron chi connectivity index (χ1n) is 12.3. The molecule has 9 nitrogen and oxygen atoms in total. The molecule has 1 atom stereocenters. The zero-order chi connectivity index (χ0) is 27.4. The van der Waals surface area contributed by atoms with Gasteiger partial charge in [-0.25, -0.2) is 9.79 Å². The van der Waals surface area contributed by atoms with Gasteiger partial charge in [0.1, 0.15) is 0 Å². The number of aromatic hydroxyl groups is 1. The van der Waals surface area contributed by atoms with E-state index in [4.69, 9.17) is 18.9 Å². The molecule has 1 aliphatic heterocycles. The average Bonchev–Trinajstić information content (AvgIpc) is 3.19. The summed E-state index contributed by atoms with van der Waals surface area (Å²) in [5.74, 6) is 0.847. The normalized spacial score (nSPS) is 15.1. The number of hydrogen-bond acceptors (Lipinski definition) is 9. The number of carbonyl (C=O) groups excluding carboxylic acids is 1. The van der Waals surface area contributed by atoms with Gasteiger partial charge in [-0.2, -0.15) is 0 Å². The molecule has 0 saturated heterocycles. The molecule has 0 radical (unpaired) electrons. The Morgan fingerprint density at radius 2 is 1.79 bits per heavy atom. The second-order valence-electron chi connectivity index (χ2n) is 8.31. The largest absolute Gasteiger partial charge is 0.504 e. The number of thiazole rings is 1. The highest BCUT2D eigenvalue weighted by Crippen LogP contribution is 2.36. The third-order valence-electron chi connectivity index (χ3n) is 5.90. The highest BCUT2D eigenvalue weighted by Gasteiger charge is 2.34. The van der Waals surface area contributed by atoms with Crippen molar-refractivity contribution in [3.8, 4) is 23.0 Å². The minimum absolute atomic E-state index is 0.0183. The van der Waals surface area contributed by atoms with Crippen molar-refractivity contribution in [2.24, 2.45) is 4.99 Å². The predicted molar refractivity (Wildman–Crippen MR) is 144 cm³/mol. The molecule has 10 heteroatoms. The fraction of sp³-hybridized carbons (Fsp3) is 0.321. The molecular formula is C28H30N2O7S. The Balaban J connectivity index is 1.94. The van der Waals surface area contributed by atoms with Crippen molar-refractivity contribution in [3.63, 3.8) is 0 Å². The molecule has 0 fully saturated rings. The van der Waals surface area contributed by atoms with Crippen LogP contribution in [0, 0.1) is 0 Å². The first-order chi connectivity index (χ1) is 18.3. The molecule has 200 valence electrons. The summed E-state index contributed by atoms with van der Waals surface area (Å²) in [4.78, 5) is 32.0. The van der Waals surface area contributed by atoms with Crippen LogP contribution < -0.4 is 29.1 Å². The third-order valence-corrected chi connectivity index (χ3v) is 6.88. The van der Waals surface area contributed by atoms with Crippen molar-refractivity contribution < 1.29 is 28.8 Å². The van der Waals surface area contributed by atoms with Crippen molar-refractivity contribution in [1.82, 2.24) is 4.57 Å². The lowest BCUT2D eigenvalue weighted by Crippen LogP contribution is -2.40. The van der Waals surface area contributed by atoms with Gasteiger partial charge in [0.05, 0.1) is 48.8 Å². The van der Waals surface area contributed by atoms with Crippen LogP contribution in [-0.2, 0) is 9.53 Å². The third kappa shape index (κ3) is 5.17. The van der Waals surface area contributed by atoms with E-state index in [-0.39, 0.29) is 23.5 Å². The summed E-state index contributed by atoms with van der Waals surface area (Å²) in [6, 6.07) is 9.43. The molecule has 0 unspecified atom stereocenters. The van der Waals surface area contributed by atoms with Crippen LogP contribution in [0.1, 0.15) is 44.9 Å². The molecule has 1 N–H and O–H groups in total. The molecule has 0 bridgehead atoms. The topological polar surface area (TPSA) is 109 Å². The maximum absolute atomic E-state index is 13.8. The van der Waals surface area contributed by atoms with Crippen LogP contribution in [0.3, 0.4) is 0 Å². The van der Waals surface area contributed by atoms with E-state index in [1.807, 2.05) is 13.8 Å². The van der Waals surface area contributed by atoms with Crippen molar-refractivity contribution in [1.29, 1.82) is 0 Å². The average molecular weight is 539 g/mol. The standard InChI is InChI=1S/C28H30N2O7S/c1-6-35-21-13-17(9-11-19(21)31)14-23-26(32)30-25(18-10-12-20(34-5)22(15-18)36-7-2)24(27(33)37-8-3)16(4)29-28(30)38-23/h9-15,25,31H,6-8H2,1-5H3/t25-/m1/s1. The number of hydrogen-bond donors (Lipinski definition) is 1. The smallest absolute Gasteiger partial charge is 0.338 e. The number of esters is 1. The number of methoxy groups -OCH3 is 1. The molecule has 2 aromatic carbocycles. The molecule has 0 amide bonds. The minimum atomic E-state index is -0.781. The Morgan fingerprint density at radius 1 is 1.05 bits per heavy atom. The van der Waals surface area contributed by atoms with E-state index in [9.17, 15) is 14.7 Å². The second kappa shape index (κ2) is 11.6. The summed E-state index contributed by atoms with van der Waals surface area (Å²) in [6.45, 7) is 8.14. The molecule has 1 aromatic heterocycles. The molecule has 4 rings (SSSR count). The van der Waals surface area contributed by atoms with Crippen LogP contribution >= 0.6 is 11.3 Å². The number of carbonyl (C=O) groups is 1. The summed E-state index contributed by atoms with van der Waals surface area (Å²) < 4.78 is 24.0. The quantitative estimate of drug-likeness (QED) is 0.417. The number of benzene rings is 2. The van der Waals surface area contributed by atoms with Gasteiger partial charge in [-0.05, 0) is 69.2 Å². The Hall–Kier alpha value is -4.05. The van der Waals surface area contributed by atoms with Gasteiger partial charge < -0.3 is 24.1 Å². The zero-order valence-corrected chi connectivity index (χ0v) is 22.8. The fourth-order valence-electron chi connectivity index (χ4n) is 4.28. The lowest BCUT2D eigenvalue weighted by molar-refractivity contribution is -0.139. The van der Waals surface area contributed by atoms with Crippen molar-refractivity contribution in [2.75, 3.05) is 26.9 Å². The number of fused-ring (bicyclic) bond motifs is 1. The van der Waals surface area contributed by atoms with Gasteiger partial charge in [-0.1, -0.05) is 23.5 Å².